The summed E-state index contributed by atoms with van der Waals surface area (Å²) in [5.41, 5.74) is 2.79. The minimum absolute atomic E-state index is 0.898. The molecule has 152 valence electrons. The minimum Gasteiger partial charge on any atom is -0.0654 e. The van der Waals surface area contributed by atoms with Crippen molar-refractivity contribution in [2.45, 2.75) is 53.9 Å². The summed E-state index contributed by atoms with van der Waals surface area (Å²) in [5.74, 6) is 0.898. The van der Waals surface area contributed by atoms with Crippen molar-refractivity contribution in [2.24, 2.45) is 5.92 Å². The van der Waals surface area contributed by atoms with E-state index in [-0.39, 0.29) is 0 Å². The van der Waals surface area contributed by atoms with Crippen molar-refractivity contribution in [2.75, 3.05) is 0 Å². The molecule has 0 aliphatic heterocycles. The first kappa shape index (κ1) is 22.7. The third-order valence-corrected chi connectivity index (χ3v) is 5.13. The van der Waals surface area contributed by atoms with Gasteiger partial charge in [-0.1, -0.05) is 125 Å². The van der Waals surface area contributed by atoms with Gasteiger partial charge in [-0.25, -0.2) is 0 Å². The molecule has 0 saturated heterocycles. The van der Waals surface area contributed by atoms with E-state index in [0.717, 1.165) is 12.3 Å². The van der Waals surface area contributed by atoms with Crippen molar-refractivity contribution in [1.82, 2.24) is 0 Å². The molecular weight excluding hydrogens is 348 g/mol. The van der Waals surface area contributed by atoms with Crippen LogP contribution in [0.1, 0.15) is 51.7 Å². The molecule has 0 heterocycles. The Hall–Kier alpha value is -2.60. The van der Waals surface area contributed by atoms with Gasteiger partial charge in [-0.05, 0) is 51.9 Å². The van der Waals surface area contributed by atoms with Crippen LogP contribution in [0.2, 0.25) is 0 Å². The fraction of sp³-hybridized carbons (Fsp3) is 0.310. The van der Waals surface area contributed by atoms with Crippen LogP contribution in [0.5, 0.6) is 0 Å². The minimum atomic E-state index is 0.898. The van der Waals surface area contributed by atoms with Crippen molar-refractivity contribution >= 4 is 21.5 Å². The highest BCUT2D eigenvalue weighted by Gasteiger charge is 1.95. The van der Waals surface area contributed by atoms with Crippen LogP contribution in [0, 0.1) is 12.8 Å². The van der Waals surface area contributed by atoms with Gasteiger partial charge in [0.1, 0.15) is 0 Å². The summed E-state index contributed by atoms with van der Waals surface area (Å²) in [6, 6.07) is 29.8. The van der Waals surface area contributed by atoms with Gasteiger partial charge in [0.15, 0.2) is 0 Å². The topological polar surface area (TPSA) is 0 Å². The predicted molar refractivity (Wildman–Crippen MR) is 132 cm³/mol. The van der Waals surface area contributed by atoms with E-state index in [9.17, 15) is 0 Å². The lowest BCUT2D eigenvalue weighted by Crippen LogP contribution is -1.81. The Morgan fingerprint density at radius 2 is 1.14 bits per heavy atom. The summed E-state index contributed by atoms with van der Waals surface area (Å²) < 4.78 is 0. The molecule has 0 saturated carbocycles. The van der Waals surface area contributed by atoms with Crippen molar-refractivity contribution in [3.8, 4) is 0 Å². The van der Waals surface area contributed by atoms with Crippen LogP contribution in [0.4, 0.5) is 0 Å². The first-order chi connectivity index (χ1) is 14.1. The molecule has 4 rings (SSSR count). The summed E-state index contributed by atoms with van der Waals surface area (Å²) in [6.07, 6.45) is 3.82. The third-order valence-electron chi connectivity index (χ3n) is 5.13. The number of fused-ring (bicyclic) bond motifs is 2. The Kier molecular flexibility index (Phi) is 9.44. The summed E-state index contributed by atoms with van der Waals surface area (Å²) in [5, 5.41) is 5.42. The second-order valence-electron chi connectivity index (χ2n) is 7.97. The molecule has 0 heteroatoms. The molecule has 4 aromatic carbocycles. The van der Waals surface area contributed by atoms with Crippen LogP contribution in [0.25, 0.3) is 21.5 Å². The molecule has 29 heavy (non-hydrogen) atoms. The quantitative estimate of drug-likeness (QED) is 0.330. The average molecular weight is 385 g/mol. The van der Waals surface area contributed by atoms with Gasteiger partial charge < -0.3 is 0 Å². The molecule has 4 aromatic rings. The average Bonchev–Trinajstić information content (AvgIpc) is 2.74. The van der Waals surface area contributed by atoms with Gasteiger partial charge in [0, 0.05) is 0 Å². The highest BCUT2D eigenvalue weighted by atomic mass is 14.0. The standard InChI is InChI=1S/C12H12.C11H10.C6H14/c1-2-10-7-5-8-11-6-3-4-9-12(10)11;1-9-5-4-7-10-6-2-3-8-11(9)10;1-4-5-6(2)3/h3-9H,2H2,1H3;2-8H,1H3;6H,4-5H2,1-3H3. The van der Waals surface area contributed by atoms with E-state index in [1.807, 2.05) is 0 Å². The van der Waals surface area contributed by atoms with Gasteiger partial charge in [0.2, 0.25) is 0 Å². The van der Waals surface area contributed by atoms with Crippen molar-refractivity contribution in [3.63, 3.8) is 0 Å². The fourth-order valence-electron chi connectivity index (χ4n) is 3.57. The SMILES string of the molecule is CCCC(C)C.CCc1cccc2ccccc12.Cc1cccc2ccccc12. The van der Waals surface area contributed by atoms with Crippen molar-refractivity contribution < 1.29 is 0 Å². The Bertz CT molecular complexity index is 984. The molecular formula is C29H36. The maximum atomic E-state index is 2.25. The maximum Gasteiger partial charge on any atom is -0.0152 e. The van der Waals surface area contributed by atoms with Crippen molar-refractivity contribution in [3.05, 3.63) is 96.1 Å². The largest absolute Gasteiger partial charge is 0.0654 e. The smallest absolute Gasteiger partial charge is 0.0152 e. The van der Waals surface area contributed by atoms with E-state index >= 15 is 0 Å². The summed E-state index contributed by atoms with van der Waals surface area (Å²) in [6.45, 7) is 11.1. The van der Waals surface area contributed by atoms with E-state index in [2.05, 4.69) is 120 Å². The normalized spacial score (nSPS) is 10.3. The molecule has 0 nitrogen and oxygen atoms in total. The fourth-order valence-corrected chi connectivity index (χ4v) is 3.57. The molecule has 0 fully saturated rings. The zero-order valence-corrected chi connectivity index (χ0v) is 18.8. The lowest BCUT2D eigenvalue weighted by molar-refractivity contribution is 0.576. The lowest BCUT2D eigenvalue weighted by atomic mass is 10.0. The van der Waals surface area contributed by atoms with E-state index in [1.54, 1.807) is 0 Å². The van der Waals surface area contributed by atoms with Gasteiger partial charge >= 0.3 is 0 Å². The highest BCUT2D eigenvalue weighted by molar-refractivity contribution is 5.86. The van der Waals surface area contributed by atoms with Crippen LogP contribution < -0.4 is 0 Å². The molecule has 0 amide bonds. The van der Waals surface area contributed by atoms with Crippen LogP contribution in [0.3, 0.4) is 0 Å². The predicted octanol–water partition coefficient (Wildman–Crippen LogP) is 8.99. The van der Waals surface area contributed by atoms with Gasteiger partial charge in [-0.3, -0.25) is 0 Å². The van der Waals surface area contributed by atoms with Gasteiger partial charge in [0.05, 0.1) is 0 Å². The molecule has 0 aliphatic rings. The van der Waals surface area contributed by atoms with Crippen LogP contribution in [-0.4, -0.2) is 0 Å². The number of rotatable bonds is 3. The molecule has 0 bridgehead atoms. The molecule has 0 spiro atoms. The van der Waals surface area contributed by atoms with Gasteiger partial charge in [-0.2, -0.15) is 0 Å². The zero-order chi connectivity index (χ0) is 21.1. The van der Waals surface area contributed by atoms with E-state index in [0.29, 0.717) is 0 Å². The Labute approximate surface area is 177 Å². The Morgan fingerprint density at radius 1 is 0.621 bits per heavy atom. The zero-order valence-electron chi connectivity index (χ0n) is 18.8. The monoisotopic (exact) mass is 384 g/mol. The van der Waals surface area contributed by atoms with Crippen LogP contribution in [0.15, 0.2) is 84.9 Å². The number of aryl methyl sites for hydroxylation is 2. The summed E-state index contributed by atoms with van der Waals surface area (Å²) in [7, 11) is 0. The molecule has 0 aliphatic carbocycles. The first-order valence-electron chi connectivity index (χ1n) is 11.0. The lowest BCUT2D eigenvalue weighted by Gasteiger charge is -2.02. The molecule has 0 aromatic heterocycles. The van der Waals surface area contributed by atoms with Crippen molar-refractivity contribution in [1.29, 1.82) is 0 Å². The third kappa shape index (κ3) is 7.06. The molecule has 0 unspecified atom stereocenters. The second-order valence-corrected chi connectivity index (χ2v) is 7.97. The second kappa shape index (κ2) is 12.1. The summed E-state index contributed by atoms with van der Waals surface area (Å²) in [4.78, 5) is 0. The Morgan fingerprint density at radius 3 is 1.66 bits per heavy atom. The molecule has 0 atom stereocenters. The van der Waals surface area contributed by atoms with Crippen LogP contribution in [-0.2, 0) is 6.42 Å². The highest BCUT2D eigenvalue weighted by Crippen LogP contribution is 2.18. The van der Waals surface area contributed by atoms with Gasteiger partial charge in [-0.15, -0.1) is 0 Å². The first-order valence-corrected chi connectivity index (χ1v) is 11.0. The van der Waals surface area contributed by atoms with E-state index in [4.69, 9.17) is 0 Å². The van der Waals surface area contributed by atoms with E-state index in [1.165, 1.54) is 45.5 Å². The van der Waals surface area contributed by atoms with E-state index < -0.39 is 0 Å². The van der Waals surface area contributed by atoms with Gasteiger partial charge in [0.25, 0.3) is 0 Å². The number of hydrogen-bond donors (Lipinski definition) is 0. The van der Waals surface area contributed by atoms with Crippen LogP contribution >= 0.6 is 0 Å². The summed E-state index contributed by atoms with van der Waals surface area (Å²) >= 11 is 0. The molecule has 0 N–H and O–H groups in total. The maximum absolute atomic E-state index is 2.25. The Balaban J connectivity index is 0.000000165. The molecule has 0 radical (unpaired) electrons. The number of benzene rings is 4. The number of hydrogen-bond acceptors (Lipinski definition) is 0.